The van der Waals surface area contributed by atoms with Gasteiger partial charge in [-0.05, 0) is 30.3 Å². The van der Waals surface area contributed by atoms with Crippen molar-refractivity contribution in [2.45, 2.75) is 0 Å². The molecular weight excluding hydrogens is 345 g/mol. The van der Waals surface area contributed by atoms with Crippen molar-refractivity contribution in [1.82, 2.24) is 15.0 Å². The number of amides is 1. The highest BCUT2D eigenvalue weighted by atomic mass is 35.5. The molecule has 0 aliphatic carbocycles. The van der Waals surface area contributed by atoms with Crippen molar-refractivity contribution in [3.8, 4) is 0 Å². The van der Waals surface area contributed by atoms with Crippen molar-refractivity contribution in [3.63, 3.8) is 0 Å². The Bertz CT molecular complexity index is 907. The first-order valence-corrected chi connectivity index (χ1v) is 7.63. The number of aromatic nitrogens is 3. The van der Waals surface area contributed by atoms with Gasteiger partial charge in [0.05, 0.1) is 18.1 Å². The van der Waals surface area contributed by atoms with E-state index in [1.54, 1.807) is 36.5 Å². The predicted octanol–water partition coefficient (Wildman–Crippen LogP) is 3.68. The van der Waals surface area contributed by atoms with Crippen LogP contribution in [0.3, 0.4) is 0 Å². The smallest absolute Gasteiger partial charge is 0.256 e. The van der Waals surface area contributed by atoms with Gasteiger partial charge < -0.3 is 10.2 Å². The number of carbonyl (C=O) groups is 1. The van der Waals surface area contributed by atoms with Crippen LogP contribution in [0.15, 0.2) is 55.2 Å². The summed E-state index contributed by atoms with van der Waals surface area (Å²) in [6.07, 6.45) is 6.05. The van der Waals surface area contributed by atoms with Crippen LogP contribution in [0.5, 0.6) is 0 Å². The summed E-state index contributed by atoms with van der Waals surface area (Å²) in [6, 6.07) is 7.14. The van der Waals surface area contributed by atoms with Crippen LogP contribution in [0, 0.1) is 5.82 Å². The van der Waals surface area contributed by atoms with Crippen LogP contribution in [0.25, 0.3) is 0 Å². The minimum atomic E-state index is -0.537. The van der Waals surface area contributed by atoms with Crippen LogP contribution in [0.2, 0.25) is 5.02 Å². The number of nitrogens with zero attached hydrogens (tertiary/aromatic N) is 4. The van der Waals surface area contributed by atoms with E-state index in [0.717, 1.165) is 6.07 Å². The molecule has 3 rings (SSSR count). The molecule has 1 amide bonds. The van der Waals surface area contributed by atoms with Crippen molar-refractivity contribution in [3.05, 3.63) is 71.7 Å². The van der Waals surface area contributed by atoms with Gasteiger partial charge in [-0.2, -0.15) is 0 Å². The highest BCUT2D eigenvalue weighted by Crippen LogP contribution is 2.24. The van der Waals surface area contributed by atoms with Gasteiger partial charge in [-0.1, -0.05) is 11.6 Å². The highest BCUT2D eigenvalue weighted by Gasteiger charge is 2.13. The quantitative estimate of drug-likeness (QED) is 0.771. The molecule has 2 aromatic heterocycles. The van der Waals surface area contributed by atoms with Crippen LogP contribution in [0.4, 0.5) is 21.6 Å². The second kappa shape index (κ2) is 7.23. The second-order valence-electron chi connectivity index (χ2n) is 5.17. The monoisotopic (exact) mass is 357 g/mol. The van der Waals surface area contributed by atoms with Gasteiger partial charge in [0.1, 0.15) is 18.0 Å². The molecule has 0 fully saturated rings. The summed E-state index contributed by atoms with van der Waals surface area (Å²) in [5.41, 5.74) is 1.30. The van der Waals surface area contributed by atoms with Crippen LogP contribution in [-0.4, -0.2) is 27.9 Å². The molecule has 3 aromatic rings. The zero-order valence-electron chi connectivity index (χ0n) is 13.1. The van der Waals surface area contributed by atoms with Crippen molar-refractivity contribution in [2.24, 2.45) is 0 Å². The Hall–Kier alpha value is -3.06. The summed E-state index contributed by atoms with van der Waals surface area (Å²) in [5, 5.41) is 3.03. The molecule has 0 spiro atoms. The number of pyridine rings is 1. The topological polar surface area (TPSA) is 71.0 Å². The van der Waals surface area contributed by atoms with Crippen molar-refractivity contribution in [1.29, 1.82) is 0 Å². The molecule has 0 saturated heterocycles. The molecule has 1 aromatic carbocycles. The fourth-order valence-corrected chi connectivity index (χ4v) is 2.33. The molecule has 0 bridgehead atoms. The third-order valence-corrected chi connectivity index (χ3v) is 3.66. The van der Waals surface area contributed by atoms with E-state index in [-0.39, 0.29) is 11.4 Å². The Morgan fingerprint density at radius 1 is 1.16 bits per heavy atom. The van der Waals surface area contributed by atoms with Crippen molar-refractivity contribution >= 4 is 34.7 Å². The summed E-state index contributed by atoms with van der Waals surface area (Å²) in [6.45, 7) is 0. The molecule has 1 N–H and O–H groups in total. The van der Waals surface area contributed by atoms with Gasteiger partial charge in [0.25, 0.3) is 5.91 Å². The normalized spacial score (nSPS) is 10.4. The zero-order chi connectivity index (χ0) is 17.8. The second-order valence-corrected chi connectivity index (χ2v) is 5.60. The van der Waals surface area contributed by atoms with Crippen molar-refractivity contribution in [2.75, 3.05) is 17.3 Å². The Kier molecular flexibility index (Phi) is 4.85. The third kappa shape index (κ3) is 4.07. The van der Waals surface area contributed by atoms with Gasteiger partial charge in [-0.15, -0.1) is 0 Å². The molecule has 6 nitrogen and oxygen atoms in total. The lowest BCUT2D eigenvalue weighted by Gasteiger charge is -2.19. The Morgan fingerprint density at radius 2 is 1.92 bits per heavy atom. The van der Waals surface area contributed by atoms with E-state index in [0.29, 0.717) is 16.4 Å². The third-order valence-electron chi connectivity index (χ3n) is 3.43. The molecule has 0 atom stereocenters. The molecule has 0 radical (unpaired) electrons. The lowest BCUT2D eigenvalue weighted by molar-refractivity contribution is 0.102. The number of hydrogen-bond donors (Lipinski definition) is 1. The maximum Gasteiger partial charge on any atom is 0.256 e. The van der Waals surface area contributed by atoms with Gasteiger partial charge in [0.2, 0.25) is 0 Å². The van der Waals surface area contributed by atoms with E-state index < -0.39 is 11.7 Å². The molecule has 2 heterocycles. The van der Waals surface area contributed by atoms with Gasteiger partial charge in [-0.25, -0.2) is 19.3 Å². The average molecular weight is 358 g/mol. The largest absolute Gasteiger partial charge is 0.342 e. The first-order valence-electron chi connectivity index (χ1n) is 7.25. The summed E-state index contributed by atoms with van der Waals surface area (Å²) < 4.78 is 14.0. The Balaban J connectivity index is 1.87. The standard InChI is InChI=1S/C17H13ClFN5O/c1-24(15-8-20-10-21-9-15)14-5-11(4-13(19)7-14)17(25)23-16-6-12(18)2-3-22-16/h2-10H,1H3,(H,22,23,25). The van der Waals surface area contributed by atoms with E-state index in [1.807, 2.05) is 0 Å². The summed E-state index contributed by atoms with van der Waals surface area (Å²) in [5.74, 6) is -0.744. The molecular formula is C17H13ClFN5O. The van der Waals surface area contributed by atoms with E-state index in [4.69, 9.17) is 11.6 Å². The number of halogens is 2. The van der Waals surface area contributed by atoms with E-state index in [9.17, 15) is 9.18 Å². The van der Waals surface area contributed by atoms with E-state index >= 15 is 0 Å². The summed E-state index contributed by atoms with van der Waals surface area (Å²) in [4.78, 5) is 25.9. The molecule has 0 aliphatic rings. The van der Waals surface area contributed by atoms with Crippen LogP contribution in [0.1, 0.15) is 10.4 Å². The van der Waals surface area contributed by atoms with Gasteiger partial charge >= 0.3 is 0 Å². The first kappa shape index (κ1) is 16.8. The van der Waals surface area contributed by atoms with Crippen LogP contribution in [-0.2, 0) is 0 Å². The van der Waals surface area contributed by atoms with Crippen molar-refractivity contribution < 1.29 is 9.18 Å². The van der Waals surface area contributed by atoms with E-state index in [1.165, 1.54) is 24.7 Å². The molecule has 0 aliphatic heterocycles. The Labute approximate surface area is 148 Å². The maximum absolute atomic E-state index is 14.0. The zero-order valence-corrected chi connectivity index (χ0v) is 13.9. The summed E-state index contributed by atoms with van der Waals surface area (Å²) in [7, 11) is 1.73. The maximum atomic E-state index is 14.0. The molecule has 0 saturated carbocycles. The van der Waals surface area contributed by atoms with Gasteiger partial charge in [0.15, 0.2) is 0 Å². The fourth-order valence-electron chi connectivity index (χ4n) is 2.17. The number of carbonyl (C=O) groups excluding carboxylic acids is 1. The lowest BCUT2D eigenvalue weighted by atomic mass is 10.1. The molecule has 0 unspecified atom stereocenters. The highest BCUT2D eigenvalue weighted by molar-refractivity contribution is 6.30. The van der Waals surface area contributed by atoms with E-state index in [2.05, 4.69) is 20.3 Å². The minimum Gasteiger partial charge on any atom is -0.342 e. The van der Waals surface area contributed by atoms with Crippen LogP contribution < -0.4 is 10.2 Å². The molecule has 126 valence electrons. The van der Waals surface area contributed by atoms with Gasteiger partial charge in [-0.3, -0.25) is 4.79 Å². The van der Waals surface area contributed by atoms with Gasteiger partial charge in [0, 0.05) is 29.5 Å². The number of nitrogens with one attached hydrogen (secondary N) is 1. The Morgan fingerprint density at radius 3 is 2.64 bits per heavy atom. The number of hydrogen-bond acceptors (Lipinski definition) is 5. The number of anilines is 3. The predicted molar refractivity (Wildman–Crippen MR) is 93.7 cm³/mol. The number of rotatable bonds is 4. The average Bonchev–Trinajstić information content (AvgIpc) is 2.61. The summed E-state index contributed by atoms with van der Waals surface area (Å²) >= 11 is 5.86. The fraction of sp³-hybridized carbons (Fsp3) is 0.0588. The SMILES string of the molecule is CN(c1cncnc1)c1cc(F)cc(C(=O)Nc2cc(Cl)ccn2)c1. The molecule has 8 heteroatoms. The van der Waals surface area contributed by atoms with Crippen LogP contribution >= 0.6 is 11.6 Å². The number of benzene rings is 1. The minimum absolute atomic E-state index is 0.153. The molecule has 25 heavy (non-hydrogen) atoms. The first-order chi connectivity index (χ1) is 12.0. The lowest BCUT2D eigenvalue weighted by Crippen LogP contribution is -2.15.